The second kappa shape index (κ2) is 31.5. The minimum atomic E-state index is -0.303. The molecule has 0 aliphatic heterocycles. The van der Waals surface area contributed by atoms with Crippen LogP contribution in [0.1, 0.15) is 96.4 Å². The smallest absolute Gasteiger partial charge is 0.224 e. The Morgan fingerprint density at radius 3 is 1.61 bits per heavy atom. The Balaban J connectivity index is -0.000000628. The van der Waals surface area contributed by atoms with Crippen LogP contribution in [0.2, 0.25) is 0 Å². The van der Waals surface area contributed by atoms with Gasteiger partial charge in [0.25, 0.3) is 0 Å². The number of pyridine rings is 3. The summed E-state index contributed by atoms with van der Waals surface area (Å²) in [6.07, 6.45) is 10.1. The van der Waals surface area contributed by atoms with E-state index in [1.807, 2.05) is 94.7 Å². The molecule has 1 unspecified atom stereocenters. The molecule has 0 saturated carbocycles. The Labute approximate surface area is 348 Å². The van der Waals surface area contributed by atoms with E-state index in [9.17, 15) is 19.2 Å². The first-order chi connectivity index (χ1) is 24.8. The van der Waals surface area contributed by atoms with Crippen molar-refractivity contribution in [2.24, 2.45) is 5.73 Å². The van der Waals surface area contributed by atoms with E-state index in [1.165, 1.54) is 0 Å². The van der Waals surface area contributed by atoms with Gasteiger partial charge in [0.1, 0.15) is 5.78 Å². The van der Waals surface area contributed by atoms with Gasteiger partial charge in [0.15, 0.2) is 0 Å². The number of fused-ring (bicyclic) bond motifs is 2. The first kappa shape index (κ1) is 54.5. The number of aromatic nitrogens is 3. The van der Waals surface area contributed by atoms with E-state index in [0.29, 0.717) is 48.9 Å². The van der Waals surface area contributed by atoms with Gasteiger partial charge in [0, 0.05) is 70.1 Å². The van der Waals surface area contributed by atoms with Crippen molar-refractivity contribution in [3.8, 4) is 0 Å². The maximum atomic E-state index is 11.6. The van der Waals surface area contributed by atoms with Crippen molar-refractivity contribution < 1.29 is 66.1 Å². The van der Waals surface area contributed by atoms with Gasteiger partial charge in [-0.25, -0.2) is 9.59 Å². The minimum Gasteiger partial charge on any atom is -0.504 e. The average Bonchev–Trinajstić information content (AvgIpc) is 3.70. The Morgan fingerprint density at radius 2 is 1.22 bits per heavy atom. The first-order valence-corrected chi connectivity index (χ1v) is 17.3. The summed E-state index contributed by atoms with van der Waals surface area (Å²) in [6, 6.07) is 14.6. The van der Waals surface area contributed by atoms with Gasteiger partial charge in [-0.2, -0.15) is 0 Å². The SMILES string of the molecule is C.CCC(C)=O.CCN.CCOC(=O)c1cccn2cc(C)cc12.CCOC(=O)c1cccnc1C.O=BP.[CH2-]NC(=O)c1cccn2cc(C)cc12.[Y]. The summed E-state index contributed by atoms with van der Waals surface area (Å²) < 4.78 is 22.5. The largest absolute Gasteiger partial charge is 0.504 e. The number of amides is 1. The third-order valence-electron chi connectivity index (χ3n) is 6.44. The predicted octanol–water partition coefficient (Wildman–Crippen LogP) is 7.17. The van der Waals surface area contributed by atoms with E-state index in [4.69, 9.17) is 19.9 Å². The molecule has 0 aliphatic rings. The van der Waals surface area contributed by atoms with Crippen LogP contribution in [0.4, 0.5) is 0 Å². The third kappa shape index (κ3) is 20.0. The second-order valence-electron chi connectivity index (χ2n) is 10.6. The molecule has 0 spiro atoms. The fourth-order valence-electron chi connectivity index (χ4n) is 4.13. The molecule has 0 aliphatic carbocycles. The molecule has 54 heavy (non-hydrogen) atoms. The Bertz CT molecular complexity index is 1860. The van der Waals surface area contributed by atoms with E-state index in [1.54, 1.807) is 58.2 Å². The van der Waals surface area contributed by atoms with E-state index < -0.39 is 0 Å². The van der Waals surface area contributed by atoms with Crippen LogP contribution in [0.3, 0.4) is 0 Å². The van der Waals surface area contributed by atoms with E-state index in [-0.39, 0.29) is 63.8 Å². The van der Waals surface area contributed by atoms with E-state index >= 15 is 0 Å². The molecule has 12 nitrogen and oxygen atoms in total. The Kier molecular flexibility index (Phi) is 31.7. The van der Waals surface area contributed by atoms with Crippen LogP contribution in [-0.2, 0) is 51.7 Å². The summed E-state index contributed by atoms with van der Waals surface area (Å²) in [6.45, 7) is 16.9. The monoisotopic (exact) mass is 837 g/mol. The maximum absolute atomic E-state index is 11.6. The molecular weight excluding hydrogens is 781 g/mol. The molecule has 0 saturated heterocycles. The number of nitrogens with zero attached hydrogens (tertiary/aromatic N) is 3. The number of rotatable bonds is 6. The van der Waals surface area contributed by atoms with E-state index in [0.717, 1.165) is 28.7 Å². The minimum absolute atomic E-state index is 0. The molecule has 5 aromatic heterocycles. The molecule has 15 heteroatoms. The van der Waals surface area contributed by atoms with Crippen molar-refractivity contribution in [1.29, 1.82) is 0 Å². The number of ketones is 1. The molecule has 1 radical (unpaired) electrons. The van der Waals surface area contributed by atoms with Crippen molar-refractivity contribution in [3.05, 3.63) is 120 Å². The fraction of sp³-hybridized carbons (Fsp3) is 0.333. The topological polar surface area (TPSA) is 164 Å². The summed E-state index contributed by atoms with van der Waals surface area (Å²) in [4.78, 5) is 48.1. The summed E-state index contributed by atoms with van der Waals surface area (Å²) in [5, 5.41) is 2.38. The standard InChI is InChI=1S/C12H13NO2.C11H11N2O.C9H11NO2.C4H8O.C2H7N.CH4.BH2OP.Y/c1-3-15-12(14)10-5-4-6-13-8-9(2)7-11(10)13;1-8-6-10-9(11(14)12-2)4-3-5-13(10)7-8;1-3-12-9(11)8-5-4-6-10-7(8)2;1-3-4(2)5;1-2-3;;2-1-3;/h4-8H,3H2,1-2H3;3-7H,2H2,1H3,(H,12,14);4-6H,3H2,1-2H3;3H2,1-2H3;2-3H2,1H3;1H4;3H2;/q;-1;;;;;;. The third-order valence-corrected chi connectivity index (χ3v) is 6.44. The van der Waals surface area contributed by atoms with Gasteiger partial charge in [-0.1, -0.05) is 21.3 Å². The van der Waals surface area contributed by atoms with E-state index in [2.05, 4.69) is 17.3 Å². The second-order valence-corrected chi connectivity index (χ2v) is 10.9. The van der Waals surface area contributed by atoms with Crippen LogP contribution < -0.4 is 11.1 Å². The van der Waals surface area contributed by atoms with Crippen LogP contribution in [0, 0.1) is 27.8 Å². The van der Waals surface area contributed by atoms with Gasteiger partial charge in [-0.05, 0) is 108 Å². The molecule has 1 atom stereocenters. The van der Waals surface area contributed by atoms with Crippen LogP contribution >= 0.6 is 9.12 Å². The van der Waals surface area contributed by atoms with Gasteiger partial charge in [-0.15, -0.1) is 0 Å². The summed E-state index contributed by atoms with van der Waals surface area (Å²) in [7, 11) is 5.26. The van der Waals surface area contributed by atoms with Crippen molar-refractivity contribution in [2.45, 2.75) is 69.2 Å². The van der Waals surface area contributed by atoms with Gasteiger partial charge >= 0.3 is 32.6 Å². The van der Waals surface area contributed by atoms with Gasteiger partial charge in [-0.3, -0.25) is 16.8 Å². The number of hydrogen-bond donors (Lipinski definition) is 2. The zero-order valence-electron chi connectivity index (χ0n) is 32.0. The fourth-order valence-corrected chi connectivity index (χ4v) is 4.13. The van der Waals surface area contributed by atoms with Crippen molar-refractivity contribution in [1.82, 2.24) is 19.1 Å². The summed E-state index contributed by atoms with van der Waals surface area (Å²) in [5.74, 6) is -0.469. The summed E-state index contributed by atoms with van der Waals surface area (Å²) in [5.41, 5.74) is 11.4. The van der Waals surface area contributed by atoms with Crippen LogP contribution in [0.15, 0.2) is 79.5 Å². The Hall–Kier alpha value is -3.89. The number of esters is 2. The van der Waals surface area contributed by atoms with Crippen LogP contribution in [0.25, 0.3) is 11.0 Å². The number of hydrogen-bond acceptors (Lipinski definition) is 9. The molecule has 5 rings (SSSR count). The van der Waals surface area contributed by atoms with Crippen LogP contribution in [0.5, 0.6) is 0 Å². The zero-order valence-corrected chi connectivity index (χ0v) is 36.0. The van der Waals surface area contributed by atoms with Crippen molar-refractivity contribution in [3.63, 3.8) is 0 Å². The number of carbonyl (C=O) groups is 4. The quantitative estimate of drug-likeness (QED) is 0.0782. The number of ether oxygens (including phenoxy) is 2. The summed E-state index contributed by atoms with van der Waals surface area (Å²) >= 11 is 0. The molecule has 0 bridgehead atoms. The van der Waals surface area contributed by atoms with Crippen molar-refractivity contribution >= 4 is 50.7 Å². The number of aryl methyl sites for hydroxylation is 3. The van der Waals surface area contributed by atoms with Gasteiger partial charge in [0.05, 0.1) is 46.6 Å². The Morgan fingerprint density at radius 1 is 0.833 bits per heavy atom. The number of nitrogens with one attached hydrogen (secondary N) is 1. The number of carbonyl (C=O) groups excluding carboxylic acids is 4. The predicted molar refractivity (Wildman–Crippen MR) is 217 cm³/mol. The average molecular weight is 838 g/mol. The zero-order chi connectivity index (χ0) is 39.6. The molecular formula is C39H56BN5O7PY-. The van der Waals surface area contributed by atoms with Gasteiger partial charge < -0.3 is 34.1 Å². The maximum Gasteiger partial charge on any atom is 0.224 e. The van der Waals surface area contributed by atoms with Crippen molar-refractivity contribution in [2.75, 3.05) is 19.8 Å². The van der Waals surface area contributed by atoms with Gasteiger partial charge in [0.2, 0.25) is 5.91 Å². The number of nitrogens with two attached hydrogens (primary N) is 1. The molecule has 5 heterocycles. The molecule has 3 N–H and O–H groups in total. The molecule has 5 aromatic rings. The normalized spacial score (nSPS) is 8.94. The first-order valence-electron chi connectivity index (χ1n) is 16.6. The molecule has 1 amide bonds. The number of Topliss-reactive ketones (excluding diaryl/α,β-unsaturated/α-hetero) is 1. The molecule has 291 valence electrons. The van der Waals surface area contributed by atoms with Crippen LogP contribution in [-0.4, -0.2) is 64.0 Å². The molecule has 0 fully saturated rings. The molecule has 0 aromatic carbocycles.